The molecule has 0 saturated carbocycles. The number of aromatic nitrogens is 2. The van der Waals surface area contributed by atoms with Crippen molar-refractivity contribution >= 4 is 27.7 Å². The van der Waals surface area contributed by atoms with Gasteiger partial charge in [0.1, 0.15) is 0 Å². The first-order valence-electron chi connectivity index (χ1n) is 5.48. The van der Waals surface area contributed by atoms with Crippen LogP contribution in [0.1, 0.15) is 24.7 Å². The Morgan fingerprint density at radius 2 is 2.25 bits per heavy atom. The molecular formula is C11H19BrN2OS. The zero-order valence-electron chi connectivity index (χ0n) is 10.0. The second-order valence-corrected chi connectivity index (χ2v) is 5.58. The topological polar surface area (TPSA) is 38.0 Å². The maximum absolute atomic E-state index is 9.91. The predicted molar refractivity (Wildman–Crippen MR) is 73.0 cm³/mol. The van der Waals surface area contributed by atoms with Gasteiger partial charge in [0.2, 0.25) is 0 Å². The first-order chi connectivity index (χ1) is 7.60. The van der Waals surface area contributed by atoms with Crippen LogP contribution in [0.4, 0.5) is 0 Å². The number of aliphatic hydroxyl groups is 1. The van der Waals surface area contributed by atoms with E-state index in [-0.39, 0.29) is 6.10 Å². The smallest absolute Gasteiger partial charge is 0.0738 e. The van der Waals surface area contributed by atoms with Crippen LogP contribution in [0, 0.1) is 6.92 Å². The molecule has 5 heteroatoms. The van der Waals surface area contributed by atoms with Gasteiger partial charge in [0.25, 0.3) is 0 Å². The Bertz CT molecular complexity index is 341. The minimum absolute atomic E-state index is 0.273. The van der Waals surface area contributed by atoms with Crippen molar-refractivity contribution in [3.8, 4) is 0 Å². The van der Waals surface area contributed by atoms with E-state index in [9.17, 15) is 5.11 Å². The summed E-state index contributed by atoms with van der Waals surface area (Å²) in [6, 6.07) is 0. The van der Waals surface area contributed by atoms with Gasteiger partial charge >= 0.3 is 0 Å². The van der Waals surface area contributed by atoms with Crippen LogP contribution in [0.5, 0.6) is 0 Å². The first kappa shape index (κ1) is 14.1. The van der Waals surface area contributed by atoms with Gasteiger partial charge in [-0.3, -0.25) is 4.68 Å². The minimum Gasteiger partial charge on any atom is -0.393 e. The van der Waals surface area contributed by atoms with E-state index in [2.05, 4.69) is 34.2 Å². The molecule has 0 bridgehead atoms. The highest BCUT2D eigenvalue weighted by Gasteiger charge is 2.15. The molecule has 92 valence electrons. The van der Waals surface area contributed by atoms with Gasteiger partial charge in [-0.05, 0) is 48.2 Å². The Balaban J connectivity index is 2.71. The maximum atomic E-state index is 9.91. The molecule has 1 atom stereocenters. The van der Waals surface area contributed by atoms with E-state index in [4.69, 9.17) is 0 Å². The Morgan fingerprint density at radius 3 is 2.81 bits per heavy atom. The minimum atomic E-state index is -0.273. The average Bonchev–Trinajstić information content (AvgIpc) is 2.54. The second kappa shape index (κ2) is 6.67. The number of hydrogen-bond donors (Lipinski definition) is 1. The number of halogens is 1. The molecule has 3 nitrogen and oxygen atoms in total. The van der Waals surface area contributed by atoms with Crippen LogP contribution in [-0.4, -0.2) is 33.0 Å². The summed E-state index contributed by atoms with van der Waals surface area (Å²) in [5, 5.41) is 14.3. The van der Waals surface area contributed by atoms with E-state index in [1.54, 1.807) is 11.8 Å². The summed E-state index contributed by atoms with van der Waals surface area (Å²) >= 11 is 5.30. The van der Waals surface area contributed by atoms with Crippen LogP contribution < -0.4 is 0 Å². The Kier molecular flexibility index (Phi) is 5.86. The van der Waals surface area contributed by atoms with E-state index in [1.807, 2.05) is 11.6 Å². The summed E-state index contributed by atoms with van der Waals surface area (Å²) in [6.45, 7) is 4.89. The van der Waals surface area contributed by atoms with Gasteiger partial charge in [-0.1, -0.05) is 0 Å². The molecule has 0 aromatic carbocycles. The molecule has 0 aliphatic carbocycles. The largest absolute Gasteiger partial charge is 0.393 e. The summed E-state index contributed by atoms with van der Waals surface area (Å²) in [7, 11) is 0. The monoisotopic (exact) mass is 306 g/mol. The van der Waals surface area contributed by atoms with E-state index in [0.717, 1.165) is 34.6 Å². The Labute approximate surface area is 110 Å². The third-order valence-electron chi connectivity index (χ3n) is 2.54. The van der Waals surface area contributed by atoms with Gasteiger partial charge in [0.15, 0.2) is 0 Å². The lowest BCUT2D eigenvalue weighted by Gasteiger charge is -2.11. The SMILES string of the molecule is CCn1nc(C)c(Br)c1CC(O)CCSC. The maximum Gasteiger partial charge on any atom is 0.0738 e. The zero-order chi connectivity index (χ0) is 12.1. The number of hydrogen-bond acceptors (Lipinski definition) is 3. The second-order valence-electron chi connectivity index (χ2n) is 3.80. The fraction of sp³-hybridized carbons (Fsp3) is 0.727. The average molecular weight is 307 g/mol. The molecule has 1 aromatic rings. The Hall–Kier alpha value is -0.0000000000000000555. The molecule has 1 heterocycles. The summed E-state index contributed by atoms with van der Waals surface area (Å²) in [4.78, 5) is 0. The predicted octanol–water partition coefficient (Wildman–Crippen LogP) is 2.63. The Morgan fingerprint density at radius 1 is 1.56 bits per heavy atom. The van der Waals surface area contributed by atoms with Crippen LogP contribution >= 0.6 is 27.7 Å². The van der Waals surface area contributed by atoms with Crippen molar-refractivity contribution in [2.75, 3.05) is 12.0 Å². The highest BCUT2D eigenvalue weighted by Crippen LogP contribution is 2.23. The van der Waals surface area contributed by atoms with Gasteiger partial charge in [-0.2, -0.15) is 16.9 Å². The summed E-state index contributed by atoms with van der Waals surface area (Å²) < 4.78 is 3.00. The van der Waals surface area contributed by atoms with Gasteiger partial charge in [-0.15, -0.1) is 0 Å². The van der Waals surface area contributed by atoms with Crippen molar-refractivity contribution in [1.29, 1.82) is 0 Å². The highest BCUT2D eigenvalue weighted by atomic mass is 79.9. The van der Waals surface area contributed by atoms with Crippen LogP contribution in [-0.2, 0) is 13.0 Å². The number of thioether (sulfide) groups is 1. The number of nitrogens with zero attached hydrogens (tertiary/aromatic N) is 2. The third-order valence-corrected chi connectivity index (χ3v) is 4.21. The van der Waals surface area contributed by atoms with Gasteiger partial charge in [0.05, 0.1) is 22.0 Å². The first-order valence-corrected chi connectivity index (χ1v) is 7.67. The van der Waals surface area contributed by atoms with Crippen LogP contribution in [0.25, 0.3) is 0 Å². The van der Waals surface area contributed by atoms with E-state index < -0.39 is 0 Å². The molecule has 0 aliphatic heterocycles. The fourth-order valence-corrected chi connectivity index (χ4v) is 2.60. The van der Waals surface area contributed by atoms with Crippen molar-refractivity contribution in [2.24, 2.45) is 0 Å². The number of rotatable bonds is 6. The lowest BCUT2D eigenvalue weighted by atomic mass is 10.1. The molecule has 0 saturated heterocycles. The summed E-state index contributed by atoms with van der Waals surface area (Å²) in [6.07, 6.45) is 3.30. The molecule has 1 N–H and O–H groups in total. The molecule has 1 unspecified atom stereocenters. The van der Waals surface area contributed by atoms with E-state index in [0.29, 0.717) is 6.42 Å². The number of aryl methyl sites for hydroxylation is 2. The zero-order valence-corrected chi connectivity index (χ0v) is 12.4. The van der Waals surface area contributed by atoms with Gasteiger partial charge in [0, 0.05) is 13.0 Å². The molecule has 0 spiro atoms. The molecule has 1 rings (SSSR count). The quantitative estimate of drug-likeness (QED) is 0.878. The van der Waals surface area contributed by atoms with Crippen molar-refractivity contribution in [2.45, 2.75) is 39.3 Å². The normalized spacial score (nSPS) is 13.1. The molecule has 0 radical (unpaired) electrons. The lowest BCUT2D eigenvalue weighted by Crippen LogP contribution is -2.15. The molecule has 0 amide bonds. The molecule has 0 aliphatic rings. The third kappa shape index (κ3) is 3.50. The van der Waals surface area contributed by atoms with Crippen molar-refractivity contribution in [3.05, 3.63) is 15.9 Å². The summed E-state index contributed by atoms with van der Waals surface area (Å²) in [5.74, 6) is 0.998. The highest BCUT2D eigenvalue weighted by molar-refractivity contribution is 9.10. The fourth-order valence-electron chi connectivity index (χ4n) is 1.64. The van der Waals surface area contributed by atoms with Crippen molar-refractivity contribution in [1.82, 2.24) is 9.78 Å². The molecule has 1 aromatic heterocycles. The molecule has 0 fully saturated rings. The van der Waals surface area contributed by atoms with E-state index >= 15 is 0 Å². The van der Waals surface area contributed by atoms with Crippen LogP contribution in [0.2, 0.25) is 0 Å². The molecule has 16 heavy (non-hydrogen) atoms. The van der Waals surface area contributed by atoms with Crippen molar-refractivity contribution < 1.29 is 5.11 Å². The lowest BCUT2D eigenvalue weighted by molar-refractivity contribution is 0.169. The van der Waals surface area contributed by atoms with Crippen molar-refractivity contribution in [3.63, 3.8) is 0 Å². The van der Waals surface area contributed by atoms with Crippen LogP contribution in [0.3, 0.4) is 0 Å². The number of aliphatic hydroxyl groups excluding tert-OH is 1. The van der Waals surface area contributed by atoms with Crippen LogP contribution in [0.15, 0.2) is 4.47 Å². The summed E-state index contributed by atoms with van der Waals surface area (Å²) in [5.41, 5.74) is 2.10. The van der Waals surface area contributed by atoms with Gasteiger partial charge in [-0.25, -0.2) is 0 Å². The van der Waals surface area contributed by atoms with E-state index in [1.165, 1.54) is 0 Å². The standard InChI is InChI=1S/C11H19BrN2OS/c1-4-14-10(11(12)8(2)13-14)7-9(15)5-6-16-3/h9,15H,4-7H2,1-3H3. The van der Waals surface area contributed by atoms with Gasteiger partial charge < -0.3 is 5.11 Å². The molecular weight excluding hydrogens is 288 g/mol.